The molecule has 302 valence electrons. The maximum Gasteiger partial charge on any atom is 0.361 e. The zero-order valence-corrected chi connectivity index (χ0v) is 34.0. The van der Waals surface area contributed by atoms with Crippen LogP contribution in [-0.2, 0) is 33.3 Å². The molecule has 2 atom stereocenters. The van der Waals surface area contributed by atoms with E-state index in [9.17, 15) is 19.5 Å². The summed E-state index contributed by atoms with van der Waals surface area (Å²) in [6.07, 6.45) is 34.8. The fraction of sp³-hybridized carbons (Fsp3) is 0.791. The van der Waals surface area contributed by atoms with Crippen LogP contribution in [0.5, 0.6) is 0 Å². The van der Waals surface area contributed by atoms with Crippen LogP contribution in [0.1, 0.15) is 162 Å². The third-order valence-corrected chi connectivity index (χ3v) is 8.62. The van der Waals surface area contributed by atoms with Crippen LogP contribution in [-0.4, -0.2) is 87.4 Å². The average molecular weight is 737 g/mol. The van der Waals surface area contributed by atoms with Gasteiger partial charge < -0.3 is 28.5 Å². The van der Waals surface area contributed by atoms with E-state index >= 15 is 0 Å². The van der Waals surface area contributed by atoms with Gasteiger partial charge in [0.15, 0.2) is 6.10 Å². The maximum absolute atomic E-state index is 12.7. The molecule has 0 aliphatic carbocycles. The van der Waals surface area contributed by atoms with Crippen LogP contribution in [0, 0.1) is 0 Å². The monoisotopic (exact) mass is 737 g/mol. The topological polar surface area (TPSA) is 108 Å². The Kier molecular flexibility index (Phi) is 33.8. The Hall–Kier alpha value is -2.49. The van der Waals surface area contributed by atoms with E-state index in [-0.39, 0.29) is 38.6 Å². The number of hydrogen-bond acceptors (Lipinski definition) is 7. The molecule has 9 heteroatoms. The molecular formula is C43H78NO8+. The first-order valence-electron chi connectivity index (χ1n) is 20.7. The first kappa shape index (κ1) is 49.5. The Bertz CT molecular complexity index is 955. The highest BCUT2D eigenvalue weighted by molar-refractivity contribution is 5.71. The minimum atomic E-state index is -1.51. The van der Waals surface area contributed by atoms with Crippen LogP contribution in [0.3, 0.4) is 0 Å². The van der Waals surface area contributed by atoms with Crippen molar-refractivity contribution >= 4 is 17.9 Å². The molecule has 0 aliphatic rings. The van der Waals surface area contributed by atoms with Crippen molar-refractivity contribution in [3.05, 3.63) is 36.5 Å². The number of likely N-dealkylation sites (N-methyl/N-ethyl adjacent to an activating group) is 1. The van der Waals surface area contributed by atoms with Crippen LogP contribution in [0.4, 0.5) is 0 Å². The molecule has 0 radical (unpaired) electrons. The molecule has 1 N–H and O–H groups in total. The zero-order valence-electron chi connectivity index (χ0n) is 34.0. The minimum absolute atomic E-state index is 0.183. The van der Waals surface area contributed by atoms with Crippen molar-refractivity contribution < 1.29 is 42.9 Å². The number of aliphatic carboxylic acids is 1. The first-order chi connectivity index (χ1) is 25.1. The van der Waals surface area contributed by atoms with Crippen LogP contribution in [0.25, 0.3) is 0 Å². The number of carboxylic acids is 1. The number of hydrogen-bond donors (Lipinski definition) is 1. The summed E-state index contributed by atoms with van der Waals surface area (Å²) >= 11 is 0. The number of rotatable bonds is 37. The number of carbonyl (C=O) groups excluding carboxylic acids is 2. The second-order valence-electron chi connectivity index (χ2n) is 14.9. The summed E-state index contributed by atoms with van der Waals surface area (Å²) in [6, 6.07) is 0. The molecule has 0 aliphatic heterocycles. The summed E-state index contributed by atoms with van der Waals surface area (Å²) in [7, 11) is 5.94. The molecule has 0 saturated carbocycles. The number of ether oxygens (including phenoxy) is 4. The lowest BCUT2D eigenvalue weighted by Gasteiger charge is -2.25. The second-order valence-corrected chi connectivity index (χ2v) is 14.9. The molecule has 0 aromatic rings. The van der Waals surface area contributed by atoms with Gasteiger partial charge in [0.2, 0.25) is 0 Å². The minimum Gasteiger partial charge on any atom is -0.477 e. The smallest absolute Gasteiger partial charge is 0.361 e. The standard InChI is InChI=1S/C43H77NO8/c1-6-8-10-12-14-16-18-20-22-24-26-28-30-32-34-41(46)52-39(38-51-43(42(47)48)49-36-35-44(3,4)5)37-50-40(45)33-31-29-27-25-23-21-19-17-15-13-11-9-7-2/h12,14,17-20,39,43H,6-11,13,15-16,21-38H2,1-5H3/p+1/b14-12-,19-17-,20-18-. The van der Waals surface area contributed by atoms with Gasteiger partial charge in [-0.2, -0.15) is 0 Å². The summed E-state index contributed by atoms with van der Waals surface area (Å²) in [5, 5.41) is 9.60. The Morgan fingerprint density at radius 3 is 1.60 bits per heavy atom. The largest absolute Gasteiger partial charge is 0.477 e. The number of carbonyl (C=O) groups is 3. The highest BCUT2D eigenvalue weighted by atomic mass is 16.7. The number of esters is 2. The van der Waals surface area contributed by atoms with Crippen molar-refractivity contribution in [3.8, 4) is 0 Å². The van der Waals surface area contributed by atoms with E-state index in [4.69, 9.17) is 18.9 Å². The van der Waals surface area contributed by atoms with Gasteiger partial charge in [-0.1, -0.05) is 121 Å². The molecule has 0 aromatic heterocycles. The van der Waals surface area contributed by atoms with Gasteiger partial charge in [0.05, 0.1) is 34.4 Å². The molecule has 0 bridgehead atoms. The SMILES string of the molecule is CCCC/C=C\C/C=C\CCCCCCCC(=O)OC(COC(=O)CCCCCCC/C=C\CCCCCC)COC(OCC[N+](C)(C)C)C(=O)O. The predicted octanol–water partition coefficient (Wildman–Crippen LogP) is 10.3. The molecular weight excluding hydrogens is 658 g/mol. The van der Waals surface area contributed by atoms with E-state index in [0.717, 1.165) is 83.5 Å². The van der Waals surface area contributed by atoms with Crippen LogP contribution in [0.15, 0.2) is 36.5 Å². The van der Waals surface area contributed by atoms with Gasteiger partial charge in [0.1, 0.15) is 13.2 Å². The van der Waals surface area contributed by atoms with E-state index in [1.165, 1.54) is 44.9 Å². The Balaban J connectivity index is 4.54. The Morgan fingerprint density at radius 2 is 1.06 bits per heavy atom. The lowest BCUT2D eigenvalue weighted by Crippen LogP contribution is -2.40. The molecule has 0 saturated heterocycles. The highest BCUT2D eigenvalue weighted by Gasteiger charge is 2.25. The lowest BCUT2D eigenvalue weighted by molar-refractivity contribution is -0.870. The number of unbranched alkanes of at least 4 members (excludes halogenated alkanes) is 16. The molecule has 0 fully saturated rings. The van der Waals surface area contributed by atoms with Crippen LogP contribution in [0.2, 0.25) is 0 Å². The van der Waals surface area contributed by atoms with Gasteiger partial charge in [-0.15, -0.1) is 0 Å². The molecule has 52 heavy (non-hydrogen) atoms. The van der Waals surface area contributed by atoms with Crippen molar-refractivity contribution in [1.82, 2.24) is 0 Å². The molecule has 0 rings (SSSR count). The van der Waals surface area contributed by atoms with Crippen molar-refractivity contribution in [2.24, 2.45) is 0 Å². The number of quaternary nitrogens is 1. The second kappa shape index (κ2) is 35.5. The van der Waals surface area contributed by atoms with Crippen molar-refractivity contribution in [1.29, 1.82) is 0 Å². The van der Waals surface area contributed by atoms with Gasteiger partial charge in [-0.3, -0.25) is 9.59 Å². The van der Waals surface area contributed by atoms with E-state index in [1.807, 2.05) is 21.1 Å². The van der Waals surface area contributed by atoms with Gasteiger partial charge >= 0.3 is 17.9 Å². The Morgan fingerprint density at radius 1 is 0.577 bits per heavy atom. The van der Waals surface area contributed by atoms with E-state index in [1.54, 1.807) is 0 Å². The summed E-state index contributed by atoms with van der Waals surface area (Å²) in [6.45, 7) is 4.77. The lowest BCUT2D eigenvalue weighted by atomic mass is 10.1. The molecule has 0 amide bonds. The first-order valence-corrected chi connectivity index (χ1v) is 20.7. The van der Waals surface area contributed by atoms with E-state index < -0.39 is 24.3 Å². The van der Waals surface area contributed by atoms with Gasteiger partial charge in [-0.05, 0) is 64.2 Å². The molecule has 0 heterocycles. The van der Waals surface area contributed by atoms with Crippen molar-refractivity contribution in [2.75, 3.05) is 47.5 Å². The van der Waals surface area contributed by atoms with E-state index in [0.29, 0.717) is 17.4 Å². The molecule has 0 spiro atoms. The fourth-order valence-electron chi connectivity index (χ4n) is 5.32. The Labute approximate surface area is 318 Å². The number of nitrogens with zero attached hydrogens (tertiary/aromatic N) is 1. The summed E-state index contributed by atoms with van der Waals surface area (Å²) in [4.78, 5) is 37.0. The predicted molar refractivity (Wildman–Crippen MR) is 212 cm³/mol. The normalized spacial score (nSPS) is 13.3. The maximum atomic E-state index is 12.7. The van der Waals surface area contributed by atoms with Crippen LogP contribution >= 0.6 is 0 Å². The average Bonchev–Trinajstić information content (AvgIpc) is 3.09. The van der Waals surface area contributed by atoms with Gasteiger partial charge in [-0.25, -0.2) is 4.79 Å². The summed E-state index contributed by atoms with van der Waals surface area (Å²) in [5.41, 5.74) is 0. The quantitative estimate of drug-likeness (QED) is 0.0221. The third kappa shape index (κ3) is 35.9. The highest BCUT2D eigenvalue weighted by Crippen LogP contribution is 2.12. The number of carboxylic acid groups (broad SMARTS) is 1. The van der Waals surface area contributed by atoms with E-state index in [2.05, 4.69) is 50.3 Å². The molecule has 2 unspecified atom stereocenters. The molecule has 9 nitrogen and oxygen atoms in total. The van der Waals surface area contributed by atoms with Crippen molar-refractivity contribution in [3.63, 3.8) is 0 Å². The third-order valence-electron chi connectivity index (χ3n) is 8.62. The van der Waals surface area contributed by atoms with Gasteiger partial charge in [0, 0.05) is 12.8 Å². The fourth-order valence-corrected chi connectivity index (χ4v) is 5.32. The summed E-state index contributed by atoms with van der Waals surface area (Å²) < 4.78 is 22.6. The van der Waals surface area contributed by atoms with Gasteiger partial charge in [0.25, 0.3) is 6.29 Å². The zero-order chi connectivity index (χ0) is 38.5. The molecule has 0 aromatic carbocycles. The van der Waals surface area contributed by atoms with Crippen molar-refractivity contribution in [2.45, 2.75) is 174 Å². The number of allylic oxidation sites excluding steroid dienone is 6. The summed E-state index contributed by atoms with van der Waals surface area (Å²) in [5.74, 6) is -2.04. The van der Waals surface area contributed by atoms with Crippen LogP contribution < -0.4 is 0 Å².